The van der Waals surface area contributed by atoms with Gasteiger partial charge in [-0.1, -0.05) is 42.1 Å². The van der Waals surface area contributed by atoms with E-state index in [1.807, 2.05) is 17.9 Å². The number of benzene rings is 1. The maximum Gasteiger partial charge on any atom is 0.235 e. The van der Waals surface area contributed by atoms with Crippen LogP contribution in [0.3, 0.4) is 0 Å². The summed E-state index contributed by atoms with van der Waals surface area (Å²) in [6, 6.07) is 10.4. The van der Waals surface area contributed by atoms with Crippen molar-refractivity contribution in [2.24, 2.45) is 0 Å². The standard InChI is InChI=1S/C19H24N4OS/c1-14(18(24)22-11-5-6-12-22)25-19-21-20-17(16-9-10-16)23(19)13-15-7-3-2-4-8-15/h2-4,7-8,14,16H,5-6,9-13H2,1H3/t14-/m1/s1. The van der Waals surface area contributed by atoms with Crippen LogP contribution in [-0.4, -0.2) is 43.9 Å². The van der Waals surface area contributed by atoms with Crippen LogP contribution in [-0.2, 0) is 11.3 Å². The SMILES string of the molecule is C[C@@H](Sc1nnc(C2CC2)n1Cc1ccccc1)C(=O)N1CCCC1. The number of carbonyl (C=O) groups excluding carboxylic acids is 1. The van der Waals surface area contributed by atoms with Gasteiger partial charge >= 0.3 is 0 Å². The largest absolute Gasteiger partial charge is 0.342 e. The number of nitrogens with zero attached hydrogens (tertiary/aromatic N) is 4. The Bertz CT molecular complexity index is 735. The lowest BCUT2D eigenvalue weighted by atomic mass is 10.2. The van der Waals surface area contributed by atoms with Crippen LogP contribution in [0, 0.1) is 0 Å². The fourth-order valence-electron chi connectivity index (χ4n) is 3.35. The second-order valence-electron chi connectivity index (χ2n) is 6.98. The van der Waals surface area contributed by atoms with Crippen molar-refractivity contribution in [1.29, 1.82) is 0 Å². The van der Waals surface area contributed by atoms with Crippen molar-refractivity contribution in [2.45, 2.75) is 55.5 Å². The lowest BCUT2D eigenvalue weighted by Crippen LogP contribution is -2.34. The van der Waals surface area contributed by atoms with Crippen molar-refractivity contribution in [2.75, 3.05) is 13.1 Å². The van der Waals surface area contributed by atoms with Crippen LogP contribution in [0.2, 0.25) is 0 Å². The van der Waals surface area contributed by atoms with E-state index in [-0.39, 0.29) is 11.2 Å². The van der Waals surface area contributed by atoms with Crippen LogP contribution >= 0.6 is 11.8 Å². The van der Waals surface area contributed by atoms with Gasteiger partial charge in [0.15, 0.2) is 5.16 Å². The summed E-state index contributed by atoms with van der Waals surface area (Å²) in [4.78, 5) is 14.6. The minimum absolute atomic E-state index is 0.121. The highest BCUT2D eigenvalue weighted by Crippen LogP contribution is 2.40. The number of rotatable bonds is 6. The van der Waals surface area contributed by atoms with E-state index in [9.17, 15) is 4.79 Å². The van der Waals surface area contributed by atoms with E-state index in [1.165, 1.54) is 18.4 Å². The van der Waals surface area contributed by atoms with E-state index >= 15 is 0 Å². The summed E-state index contributed by atoms with van der Waals surface area (Å²) in [5.74, 6) is 1.84. The summed E-state index contributed by atoms with van der Waals surface area (Å²) in [7, 11) is 0. The van der Waals surface area contributed by atoms with E-state index < -0.39 is 0 Å². The Hall–Kier alpha value is -1.82. The molecule has 1 aromatic heterocycles. The fraction of sp³-hybridized carbons (Fsp3) is 0.526. The average molecular weight is 356 g/mol. The van der Waals surface area contributed by atoms with Crippen LogP contribution in [0.15, 0.2) is 35.5 Å². The molecule has 2 aliphatic rings. The normalized spacial score (nSPS) is 18.5. The fourth-order valence-corrected chi connectivity index (χ4v) is 4.29. The first-order valence-corrected chi connectivity index (χ1v) is 10.0. The summed E-state index contributed by atoms with van der Waals surface area (Å²) in [6.07, 6.45) is 4.64. The van der Waals surface area contributed by atoms with Gasteiger partial charge in [0.25, 0.3) is 0 Å². The molecule has 0 spiro atoms. The third-order valence-electron chi connectivity index (χ3n) is 4.92. The van der Waals surface area contributed by atoms with Gasteiger partial charge in [-0.05, 0) is 38.2 Å². The van der Waals surface area contributed by atoms with E-state index in [0.29, 0.717) is 5.92 Å². The average Bonchev–Trinajstić information content (AvgIpc) is 3.18. The number of hydrogen-bond donors (Lipinski definition) is 0. The Morgan fingerprint density at radius 2 is 1.92 bits per heavy atom. The van der Waals surface area contributed by atoms with Gasteiger partial charge in [-0.2, -0.15) is 0 Å². The minimum atomic E-state index is -0.121. The van der Waals surface area contributed by atoms with Gasteiger partial charge in [-0.3, -0.25) is 4.79 Å². The van der Waals surface area contributed by atoms with Crippen LogP contribution in [0.4, 0.5) is 0 Å². The predicted octanol–water partition coefficient (Wildman–Crippen LogP) is 3.31. The molecule has 1 saturated heterocycles. The molecule has 132 valence electrons. The minimum Gasteiger partial charge on any atom is -0.342 e. The predicted molar refractivity (Wildman–Crippen MR) is 98.7 cm³/mol. The summed E-state index contributed by atoms with van der Waals surface area (Å²) in [5, 5.41) is 9.62. The summed E-state index contributed by atoms with van der Waals surface area (Å²) < 4.78 is 2.21. The number of hydrogen-bond acceptors (Lipinski definition) is 4. The highest BCUT2D eigenvalue weighted by atomic mass is 32.2. The van der Waals surface area contributed by atoms with Gasteiger partial charge in [0.2, 0.25) is 5.91 Å². The van der Waals surface area contributed by atoms with Gasteiger partial charge in [-0.15, -0.1) is 10.2 Å². The maximum absolute atomic E-state index is 12.6. The molecule has 1 atom stereocenters. The monoisotopic (exact) mass is 356 g/mol. The maximum atomic E-state index is 12.6. The molecular formula is C19H24N4OS. The Labute approximate surface area is 152 Å². The molecule has 2 fully saturated rings. The summed E-state index contributed by atoms with van der Waals surface area (Å²) >= 11 is 1.55. The lowest BCUT2D eigenvalue weighted by Gasteiger charge is -2.20. The first-order valence-electron chi connectivity index (χ1n) is 9.15. The Morgan fingerprint density at radius 1 is 1.20 bits per heavy atom. The molecule has 1 aliphatic carbocycles. The van der Waals surface area contributed by atoms with Gasteiger partial charge < -0.3 is 9.47 Å². The first kappa shape index (κ1) is 16.6. The van der Waals surface area contributed by atoms with E-state index in [0.717, 1.165) is 43.5 Å². The van der Waals surface area contributed by atoms with Crippen molar-refractivity contribution in [3.8, 4) is 0 Å². The summed E-state index contributed by atoms with van der Waals surface area (Å²) in [5.41, 5.74) is 1.24. The second kappa shape index (κ2) is 7.20. The molecule has 0 radical (unpaired) electrons. The molecule has 1 saturated carbocycles. The molecule has 0 bridgehead atoms. The number of likely N-dealkylation sites (tertiary alicyclic amines) is 1. The van der Waals surface area contributed by atoms with Crippen LogP contribution in [0.1, 0.15) is 49.9 Å². The summed E-state index contributed by atoms with van der Waals surface area (Å²) in [6.45, 7) is 4.55. The van der Waals surface area contributed by atoms with Crippen molar-refractivity contribution >= 4 is 17.7 Å². The van der Waals surface area contributed by atoms with E-state index in [4.69, 9.17) is 0 Å². The molecule has 5 nitrogen and oxygen atoms in total. The molecule has 1 amide bonds. The third-order valence-corrected chi connectivity index (χ3v) is 5.99. The Morgan fingerprint density at radius 3 is 2.60 bits per heavy atom. The van der Waals surface area contributed by atoms with Gasteiger partial charge in [-0.25, -0.2) is 0 Å². The molecule has 0 unspecified atom stereocenters. The quantitative estimate of drug-likeness (QED) is 0.745. The lowest BCUT2D eigenvalue weighted by molar-refractivity contribution is -0.129. The number of aromatic nitrogens is 3. The molecule has 1 aliphatic heterocycles. The van der Waals surface area contributed by atoms with Crippen molar-refractivity contribution in [3.05, 3.63) is 41.7 Å². The van der Waals surface area contributed by atoms with Crippen LogP contribution in [0.25, 0.3) is 0 Å². The van der Waals surface area contributed by atoms with Crippen molar-refractivity contribution < 1.29 is 4.79 Å². The van der Waals surface area contributed by atoms with E-state index in [2.05, 4.69) is 39.0 Å². The highest BCUT2D eigenvalue weighted by Gasteiger charge is 2.32. The van der Waals surface area contributed by atoms with Crippen molar-refractivity contribution in [3.63, 3.8) is 0 Å². The molecule has 2 aromatic rings. The number of amides is 1. The third kappa shape index (κ3) is 3.73. The van der Waals surface area contributed by atoms with Crippen LogP contribution in [0.5, 0.6) is 0 Å². The molecule has 1 aromatic carbocycles. The van der Waals surface area contributed by atoms with Gasteiger partial charge in [0.1, 0.15) is 5.82 Å². The first-order chi connectivity index (χ1) is 12.2. The highest BCUT2D eigenvalue weighted by molar-refractivity contribution is 8.00. The molecule has 2 heterocycles. The zero-order valence-corrected chi connectivity index (χ0v) is 15.4. The zero-order chi connectivity index (χ0) is 17.2. The van der Waals surface area contributed by atoms with Gasteiger partial charge in [0, 0.05) is 19.0 Å². The molecule has 6 heteroatoms. The van der Waals surface area contributed by atoms with Crippen LogP contribution < -0.4 is 0 Å². The topological polar surface area (TPSA) is 51.0 Å². The van der Waals surface area contributed by atoms with E-state index in [1.54, 1.807) is 11.8 Å². The molecule has 25 heavy (non-hydrogen) atoms. The number of carbonyl (C=O) groups is 1. The molecule has 4 rings (SSSR count). The Kier molecular flexibility index (Phi) is 4.79. The smallest absolute Gasteiger partial charge is 0.235 e. The number of thioether (sulfide) groups is 1. The zero-order valence-electron chi connectivity index (χ0n) is 14.6. The van der Waals surface area contributed by atoms with Gasteiger partial charge in [0.05, 0.1) is 11.8 Å². The van der Waals surface area contributed by atoms with Crippen molar-refractivity contribution in [1.82, 2.24) is 19.7 Å². The molecule has 0 N–H and O–H groups in total. The molecular weight excluding hydrogens is 332 g/mol. The second-order valence-corrected chi connectivity index (χ2v) is 8.29. The Balaban J connectivity index is 1.53.